The highest BCUT2D eigenvalue weighted by Crippen LogP contribution is 2.34. The minimum atomic E-state index is -0.548. The molecule has 3 amide bonds. The molecule has 3 aliphatic rings. The van der Waals surface area contributed by atoms with Gasteiger partial charge in [0.25, 0.3) is 0 Å². The van der Waals surface area contributed by atoms with Gasteiger partial charge in [-0.3, -0.25) is 4.90 Å². The maximum absolute atomic E-state index is 15.2. The van der Waals surface area contributed by atoms with Gasteiger partial charge in [-0.1, -0.05) is 0 Å². The van der Waals surface area contributed by atoms with Crippen molar-refractivity contribution in [3.63, 3.8) is 0 Å². The van der Waals surface area contributed by atoms with Crippen LogP contribution in [0.5, 0.6) is 0 Å². The van der Waals surface area contributed by atoms with E-state index in [1.807, 2.05) is 6.92 Å². The first-order valence-electron chi connectivity index (χ1n) is 11.4. The molecule has 2 N–H and O–H groups in total. The third-order valence-corrected chi connectivity index (χ3v) is 6.21. The van der Waals surface area contributed by atoms with E-state index in [2.05, 4.69) is 20.5 Å². The maximum Gasteiger partial charge on any atom is 0.410 e. The zero-order valence-corrected chi connectivity index (χ0v) is 19.1. The van der Waals surface area contributed by atoms with Gasteiger partial charge in [-0.25, -0.2) is 23.9 Å². The molecule has 10 nitrogen and oxygen atoms in total. The van der Waals surface area contributed by atoms with E-state index in [4.69, 9.17) is 14.5 Å². The smallest absolute Gasteiger partial charge is 0.410 e. The van der Waals surface area contributed by atoms with Gasteiger partial charge >= 0.3 is 12.1 Å². The van der Waals surface area contributed by atoms with E-state index in [1.54, 1.807) is 17.0 Å². The Balaban J connectivity index is 1.47. The summed E-state index contributed by atoms with van der Waals surface area (Å²) in [6.45, 7) is 4.34. The van der Waals surface area contributed by atoms with Crippen molar-refractivity contribution < 1.29 is 23.5 Å². The van der Waals surface area contributed by atoms with Gasteiger partial charge in [0.05, 0.1) is 50.7 Å². The molecule has 3 heterocycles. The number of halogens is 1. The average molecular weight is 471 g/mol. The molecule has 0 unspecified atom stereocenters. The fraction of sp³-hybridized carbons (Fsp3) is 0.478. The number of benzene rings is 1. The largest absolute Gasteiger partial charge is 0.453 e. The SMILES string of the molecule is COC(=O)N1Cc2nc(-c3ccc(NC(=O)NC4CC4)cc3F)nc(N3CCOC[C@@H]3C)c2C1. The van der Waals surface area contributed by atoms with Gasteiger partial charge < -0.3 is 25.0 Å². The first-order valence-corrected chi connectivity index (χ1v) is 11.4. The molecule has 1 aliphatic carbocycles. The molecule has 5 rings (SSSR count). The highest BCUT2D eigenvalue weighted by atomic mass is 19.1. The second-order valence-electron chi connectivity index (χ2n) is 8.81. The predicted octanol–water partition coefficient (Wildman–Crippen LogP) is 2.87. The van der Waals surface area contributed by atoms with Gasteiger partial charge in [0.2, 0.25) is 0 Å². The van der Waals surface area contributed by atoms with Crippen LogP contribution in [0, 0.1) is 5.82 Å². The van der Waals surface area contributed by atoms with Crippen molar-refractivity contribution in [2.45, 2.75) is 44.9 Å². The van der Waals surface area contributed by atoms with Crippen molar-refractivity contribution in [2.75, 3.05) is 37.1 Å². The number of methoxy groups -OCH3 is 1. The fourth-order valence-electron chi connectivity index (χ4n) is 4.25. The van der Waals surface area contributed by atoms with Gasteiger partial charge in [0.15, 0.2) is 5.82 Å². The molecule has 0 radical (unpaired) electrons. The van der Waals surface area contributed by atoms with Crippen LogP contribution in [-0.4, -0.2) is 65.9 Å². The van der Waals surface area contributed by atoms with Crippen LogP contribution in [0.25, 0.3) is 11.4 Å². The topological polar surface area (TPSA) is 109 Å². The monoisotopic (exact) mass is 470 g/mol. The lowest BCUT2D eigenvalue weighted by atomic mass is 10.1. The summed E-state index contributed by atoms with van der Waals surface area (Å²) < 4.78 is 25.6. The summed E-state index contributed by atoms with van der Waals surface area (Å²) in [7, 11) is 1.34. The lowest BCUT2D eigenvalue weighted by Gasteiger charge is -2.35. The summed E-state index contributed by atoms with van der Waals surface area (Å²) in [5.41, 5.74) is 2.06. The van der Waals surface area contributed by atoms with Gasteiger partial charge in [-0.05, 0) is 38.0 Å². The summed E-state index contributed by atoms with van der Waals surface area (Å²) in [6, 6.07) is 4.36. The number of ether oxygens (including phenoxy) is 2. The third kappa shape index (κ3) is 4.47. The lowest BCUT2D eigenvalue weighted by molar-refractivity contribution is 0.0983. The predicted molar refractivity (Wildman–Crippen MR) is 122 cm³/mol. The minimum absolute atomic E-state index is 0.0641. The zero-order chi connectivity index (χ0) is 23.8. The quantitative estimate of drug-likeness (QED) is 0.707. The Hall–Kier alpha value is -3.47. The minimum Gasteiger partial charge on any atom is -0.453 e. The Morgan fingerprint density at radius 1 is 1.24 bits per heavy atom. The van der Waals surface area contributed by atoms with E-state index < -0.39 is 11.9 Å². The number of urea groups is 1. The summed E-state index contributed by atoms with van der Waals surface area (Å²) in [5.74, 6) is 0.353. The molecule has 11 heteroatoms. The number of nitrogens with one attached hydrogen (secondary N) is 2. The molecular formula is C23H27FN6O4. The molecule has 1 saturated heterocycles. The first-order chi connectivity index (χ1) is 16.4. The molecule has 1 aromatic carbocycles. The molecule has 1 saturated carbocycles. The van der Waals surface area contributed by atoms with Crippen LogP contribution in [0.15, 0.2) is 18.2 Å². The fourth-order valence-corrected chi connectivity index (χ4v) is 4.25. The second-order valence-corrected chi connectivity index (χ2v) is 8.81. The molecule has 34 heavy (non-hydrogen) atoms. The summed E-state index contributed by atoms with van der Waals surface area (Å²) in [5, 5.41) is 5.46. The van der Waals surface area contributed by atoms with Crippen LogP contribution < -0.4 is 15.5 Å². The number of amides is 3. The van der Waals surface area contributed by atoms with E-state index in [0.717, 1.165) is 18.4 Å². The summed E-state index contributed by atoms with van der Waals surface area (Å²) in [4.78, 5) is 37.2. The molecule has 0 bridgehead atoms. The Labute approximate surface area is 196 Å². The molecule has 180 valence electrons. The number of rotatable bonds is 4. The van der Waals surface area contributed by atoms with Crippen molar-refractivity contribution >= 4 is 23.6 Å². The van der Waals surface area contributed by atoms with Crippen molar-refractivity contribution in [3.8, 4) is 11.4 Å². The number of nitrogens with zero attached hydrogens (tertiary/aromatic N) is 4. The van der Waals surface area contributed by atoms with E-state index >= 15 is 4.39 Å². The van der Waals surface area contributed by atoms with E-state index in [9.17, 15) is 9.59 Å². The number of hydrogen-bond acceptors (Lipinski definition) is 7. The number of hydrogen-bond donors (Lipinski definition) is 2. The van der Waals surface area contributed by atoms with E-state index in [-0.39, 0.29) is 36.0 Å². The van der Waals surface area contributed by atoms with E-state index in [1.165, 1.54) is 13.2 Å². The molecule has 1 aromatic heterocycles. The number of anilines is 2. The molecule has 2 aliphatic heterocycles. The van der Waals surface area contributed by atoms with Gasteiger partial charge in [-0.2, -0.15) is 0 Å². The maximum atomic E-state index is 15.2. The standard InChI is InChI=1S/C23H27FN6O4/c1-13-12-34-8-7-30(13)21-17-10-29(23(32)33-2)11-19(17)27-20(28-21)16-6-5-15(9-18(16)24)26-22(31)25-14-3-4-14/h5-6,9,13-14H,3-4,7-8,10-12H2,1-2H3,(H2,25,26,31)/t13-/m0/s1. The van der Waals surface area contributed by atoms with Gasteiger partial charge in [0, 0.05) is 23.8 Å². The van der Waals surface area contributed by atoms with Gasteiger partial charge in [-0.15, -0.1) is 0 Å². The number of carbonyl (C=O) groups is 2. The van der Waals surface area contributed by atoms with Crippen LogP contribution in [0.1, 0.15) is 31.0 Å². The Kier molecular flexibility index (Phi) is 5.94. The Morgan fingerprint density at radius 3 is 2.76 bits per heavy atom. The van der Waals surface area contributed by atoms with Crippen LogP contribution >= 0.6 is 0 Å². The van der Waals surface area contributed by atoms with Crippen molar-refractivity contribution in [1.82, 2.24) is 20.2 Å². The molecule has 1 atom stereocenters. The van der Waals surface area contributed by atoms with Crippen molar-refractivity contribution in [3.05, 3.63) is 35.3 Å². The van der Waals surface area contributed by atoms with E-state index in [0.29, 0.717) is 43.5 Å². The summed E-state index contributed by atoms with van der Waals surface area (Å²) in [6.07, 6.45) is 1.48. The highest BCUT2D eigenvalue weighted by molar-refractivity contribution is 5.90. The van der Waals surface area contributed by atoms with Gasteiger partial charge in [0.1, 0.15) is 11.6 Å². The lowest BCUT2D eigenvalue weighted by Crippen LogP contribution is -2.44. The van der Waals surface area contributed by atoms with Crippen molar-refractivity contribution in [2.24, 2.45) is 0 Å². The van der Waals surface area contributed by atoms with Crippen LogP contribution in [0.2, 0.25) is 0 Å². The molecule has 2 fully saturated rings. The van der Waals surface area contributed by atoms with Crippen LogP contribution in [-0.2, 0) is 22.6 Å². The van der Waals surface area contributed by atoms with Crippen LogP contribution in [0.3, 0.4) is 0 Å². The first kappa shape index (κ1) is 22.3. The highest BCUT2D eigenvalue weighted by Gasteiger charge is 2.33. The van der Waals surface area contributed by atoms with Crippen molar-refractivity contribution in [1.29, 1.82) is 0 Å². The molecule has 0 spiro atoms. The average Bonchev–Trinajstić information content (AvgIpc) is 3.52. The normalized spacial score (nSPS) is 19.6. The zero-order valence-electron chi connectivity index (χ0n) is 19.1. The number of fused-ring (bicyclic) bond motifs is 1. The molecular weight excluding hydrogens is 443 g/mol. The number of morpholine rings is 1. The Morgan fingerprint density at radius 2 is 2.06 bits per heavy atom. The number of carbonyl (C=O) groups excluding carboxylic acids is 2. The number of aromatic nitrogens is 2. The van der Waals surface area contributed by atoms with Crippen LogP contribution in [0.4, 0.5) is 25.5 Å². The third-order valence-electron chi connectivity index (χ3n) is 6.21. The Bertz CT molecular complexity index is 1120. The molecule has 2 aromatic rings. The summed E-state index contributed by atoms with van der Waals surface area (Å²) >= 11 is 0. The second kappa shape index (κ2) is 9.05.